The van der Waals surface area contributed by atoms with Gasteiger partial charge in [-0.1, -0.05) is 17.7 Å². The number of carboxylic acids is 1. The molecule has 0 saturated carbocycles. The van der Waals surface area contributed by atoms with Gasteiger partial charge in [0.2, 0.25) is 11.1 Å². The van der Waals surface area contributed by atoms with E-state index in [1.165, 1.54) is 31.4 Å². The molecule has 0 radical (unpaired) electrons. The molecule has 2 aromatic carbocycles. The van der Waals surface area contributed by atoms with E-state index in [4.69, 9.17) is 16.3 Å². The standard InChI is InChI=1S/C16H10ClFN2O4/c1-24-12-4-2-3-11-13(12)15(21)14(16(22)23)19-20(11)10-6-5-8(17)7-9(10)18/h2-7H,1H3,(H,22,23). The van der Waals surface area contributed by atoms with Gasteiger partial charge >= 0.3 is 5.97 Å². The molecule has 6 nitrogen and oxygen atoms in total. The first-order valence-electron chi connectivity index (χ1n) is 6.73. The van der Waals surface area contributed by atoms with Gasteiger partial charge in [0.25, 0.3) is 0 Å². The van der Waals surface area contributed by atoms with E-state index in [1.54, 1.807) is 6.07 Å². The van der Waals surface area contributed by atoms with E-state index in [-0.39, 0.29) is 27.4 Å². The number of fused-ring (bicyclic) bond motifs is 1. The molecule has 0 aliphatic carbocycles. The molecule has 1 N–H and O–H groups in total. The number of rotatable bonds is 3. The topological polar surface area (TPSA) is 81.4 Å². The van der Waals surface area contributed by atoms with Gasteiger partial charge in [0.05, 0.1) is 18.0 Å². The van der Waals surface area contributed by atoms with Crippen molar-refractivity contribution >= 4 is 28.5 Å². The number of hydrogen-bond donors (Lipinski definition) is 1. The largest absolute Gasteiger partial charge is 0.496 e. The lowest BCUT2D eigenvalue weighted by molar-refractivity contribution is 0.0687. The van der Waals surface area contributed by atoms with Crippen LogP contribution in [0.4, 0.5) is 4.39 Å². The summed E-state index contributed by atoms with van der Waals surface area (Å²) in [5.41, 5.74) is -1.37. The average molecular weight is 349 g/mol. The molecule has 1 heterocycles. The summed E-state index contributed by atoms with van der Waals surface area (Å²) in [5.74, 6) is -2.06. The zero-order valence-electron chi connectivity index (χ0n) is 12.3. The first kappa shape index (κ1) is 15.9. The van der Waals surface area contributed by atoms with Crippen LogP contribution in [0, 0.1) is 5.82 Å². The highest BCUT2D eigenvalue weighted by Gasteiger charge is 2.21. The Labute approximate surface area is 139 Å². The lowest BCUT2D eigenvalue weighted by Crippen LogP contribution is -2.23. The van der Waals surface area contributed by atoms with Crippen LogP contribution in [0.5, 0.6) is 5.75 Å². The van der Waals surface area contributed by atoms with Gasteiger partial charge in [-0.2, -0.15) is 5.10 Å². The van der Waals surface area contributed by atoms with Gasteiger partial charge in [0.1, 0.15) is 17.3 Å². The minimum atomic E-state index is -1.52. The Bertz CT molecular complexity index is 1030. The summed E-state index contributed by atoms with van der Waals surface area (Å²) in [6, 6.07) is 8.48. The number of carboxylic acid groups (broad SMARTS) is 1. The van der Waals surface area contributed by atoms with Crippen LogP contribution < -0.4 is 10.2 Å². The third kappa shape index (κ3) is 2.48. The molecule has 0 atom stereocenters. The highest BCUT2D eigenvalue weighted by atomic mass is 35.5. The Morgan fingerprint density at radius 1 is 1.33 bits per heavy atom. The predicted molar refractivity (Wildman–Crippen MR) is 85.8 cm³/mol. The van der Waals surface area contributed by atoms with Crippen LogP contribution in [-0.4, -0.2) is 28.0 Å². The van der Waals surface area contributed by atoms with Crippen LogP contribution in [0.25, 0.3) is 16.6 Å². The molecule has 0 aliphatic heterocycles. The van der Waals surface area contributed by atoms with Crippen molar-refractivity contribution in [3.63, 3.8) is 0 Å². The normalized spacial score (nSPS) is 10.8. The number of aromatic nitrogens is 2. The summed E-state index contributed by atoms with van der Waals surface area (Å²) in [7, 11) is 1.35. The summed E-state index contributed by atoms with van der Waals surface area (Å²) in [6.07, 6.45) is 0. The molecular formula is C16H10ClFN2O4. The third-order valence-electron chi connectivity index (χ3n) is 3.43. The number of hydrogen-bond acceptors (Lipinski definition) is 4. The second-order valence-electron chi connectivity index (χ2n) is 4.84. The molecule has 3 rings (SSSR count). The minimum absolute atomic E-state index is 0.00162. The van der Waals surface area contributed by atoms with E-state index < -0.39 is 22.9 Å². The van der Waals surface area contributed by atoms with Crippen molar-refractivity contribution in [2.45, 2.75) is 0 Å². The maximum absolute atomic E-state index is 14.3. The van der Waals surface area contributed by atoms with Gasteiger partial charge in [0, 0.05) is 5.02 Å². The van der Waals surface area contributed by atoms with E-state index >= 15 is 0 Å². The zero-order chi connectivity index (χ0) is 17.4. The number of aromatic carboxylic acids is 1. The van der Waals surface area contributed by atoms with Crippen LogP contribution in [0.2, 0.25) is 5.02 Å². The fraction of sp³-hybridized carbons (Fsp3) is 0.0625. The molecule has 0 spiro atoms. The predicted octanol–water partition coefficient (Wildman–Crippen LogP) is 2.89. The Hall–Kier alpha value is -2.93. The highest BCUT2D eigenvalue weighted by Crippen LogP contribution is 2.26. The van der Waals surface area contributed by atoms with E-state index in [2.05, 4.69) is 5.10 Å². The van der Waals surface area contributed by atoms with E-state index in [0.717, 1.165) is 10.7 Å². The molecule has 0 fully saturated rings. The number of nitrogens with zero attached hydrogens (tertiary/aromatic N) is 2. The SMILES string of the molecule is COc1cccc2c1c(=O)c(C(=O)O)nn2-c1ccc(Cl)cc1F. The molecule has 0 saturated heterocycles. The second-order valence-corrected chi connectivity index (χ2v) is 5.28. The van der Waals surface area contributed by atoms with E-state index in [1.807, 2.05) is 0 Å². The average Bonchev–Trinajstić information content (AvgIpc) is 2.55. The summed E-state index contributed by atoms with van der Waals surface area (Å²) in [5, 5.41) is 13.2. The van der Waals surface area contributed by atoms with E-state index in [0.29, 0.717) is 0 Å². The molecule has 0 bridgehead atoms. The lowest BCUT2D eigenvalue weighted by Gasteiger charge is -2.13. The number of benzene rings is 2. The minimum Gasteiger partial charge on any atom is -0.496 e. The molecule has 24 heavy (non-hydrogen) atoms. The smallest absolute Gasteiger partial charge is 0.360 e. The first-order valence-corrected chi connectivity index (χ1v) is 7.10. The third-order valence-corrected chi connectivity index (χ3v) is 3.67. The molecule has 3 aromatic rings. The molecule has 0 amide bonds. The van der Waals surface area contributed by atoms with Crippen molar-refractivity contribution in [2.24, 2.45) is 0 Å². The van der Waals surface area contributed by atoms with Gasteiger partial charge in [-0.3, -0.25) is 4.79 Å². The fourth-order valence-corrected chi connectivity index (χ4v) is 2.55. The van der Waals surface area contributed by atoms with Crippen molar-refractivity contribution < 1.29 is 19.0 Å². The highest BCUT2D eigenvalue weighted by molar-refractivity contribution is 6.30. The van der Waals surface area contributed by atoms with Crippen LogP contribution in [0.15, 0.2) is 41.2 Å². The van der Waals surface area contributed by atoms with Gasteiger partial charge in [0.15, 0.2) is 0 Å². The van der Waals surface area contributed by atoms with Gasteiger partial charge in [-0.05, 0) is 30.3 Å². The maximum Gasteiger partial charge on any atom is 0.360 e. The maximum atomic E-state index is 14.3. The van der Waals surface area contributed by atoms with E-state index in [9.17, 15) is 19.1 Å². The van der Waals surface area contributed by atoms with Crippen molar-refractivity contribution in [3.05, 3.63) is 63.2 Å². The Morgan fingerprint density at radius 3 is 2.71 bits per heavy atom. The summed E-state index contributed by atoms with van der Waals surface area (Å²) < 4.78 is 20.5. The van der Waals surface area contributed by atoms with Crippen molar-refractivity contribution in [2.75, 3.05) is 7.11 Å². The summed E-state index contributed by atoms with van der Waals surface area (Å²) >= 11 is 5.74. The molecule has 122 valence electrons. The monoisotopic (exact) mass is 348 g/mol. The second kappa shape index (κ2) is 5.93. The fourth-order valence-electron chi connectivity index (χ4n) is 2.39. The molecular weight excluding hydrogens is 339 g/mol. The quantitative estimate of drug-likeness (QED) is 0.787. The van der Waals surface area contributed by atoms with Crippen LogP contribution in [0.3, 0.4) is 0 Å². The number of halogens is 2. The summed E-state index contributed by atoms with van der Waals surface area (Å²) in [4.78, 5) is 23.8. The van der Waals surface area contributed by atoms with Crippen LogP contribution >= 0.6 is 11.6 Å². The Balaban J connectivity index is 2.50. The number of carbonyl (C=O) groups is 1. The van der Waals surface area contributed by atoms with Gasteiger partial charge < -0.3 is 9.84 Å². The molecule has 0 aliphatic rings. The lowest BCUT2D eigenvalue weighted by atomic mass is 10.1. The van der Waals surface area contributed by atoms with Crippen molar-refractivity contribution in [1.82, 2.24) is 9.78 Å². The molecule has 1 aromatic heterocycles. The first-order chi connectivity index (χ1) is 11.4. The Kier molecular flexibility index (Phi) is 3.94. The van der Waals surface area contributed by atoms with Gasteiger partial charge in [-0.25, -0.2) is 13.9 Å². The molecule has 8 heteroatoms. The van der Waals surface area contributed by atoms with Gasteiger partial charge in [-0.15, -0.1) is 0 Å². The summed E-state index contributed by atoms with van der Waals surface area (Å²) in [6.45, 7) is 0. The van der Waals surface area contributed by atoms with Crippen molar-refractivity contribution in [3.8, 4) is 11.4 Å². The van der Waals surface area contributed by atoms with Crippen molar-refractivity contribution in [1.29, 1.82) is 0 Å². The number of methoxy groups -OCH3 is 1. The Morgan fingerprint density at radius 2 is 2.08 bits per heavy atom. The van der Waals surface area contributed by atoms with Crippen LogP contribution in [0.1, 0.15) is 10.5 Å². The van der Waals surface area contributed by atoms with Crippen LogP contribution in [-0.2, 0) is 0 Å². The number of ether oxygens (including phenoxy) is 1. The molecule has 0 unspecified atom stereocenters. The zero-order valence-corrected chi connectivity index (χ0v) is 13.0.